The summed E-state index contributed by atoms with van der Waals surface area (Å²) < 4.78 is 11.7. The fourth-order valence-electron chi connectivity index (χ4n) is 2.80. The second kappa shape index (κ2) is 6.34. The molecule has 0 amide bonds. The molecule has 0 spiro atoms. The topological polar surface area (TPSA) is 31.4 Å². The van der Waals surface area contributed by atoms with Gasteiger partial charge in [0.05, 0.1) is 24.2 Å². The molecular weight excluding hydrogens is 312 g/mol. The van der Waals surface area contributed by atoms with Crippen molar-refractivity contribution in [2.75, 3.05) is 40.0 Å². The Morgan fingerprint density at radius 1 is 1.05 bits per heavy atom. The number of fused-ring (bicyclic) bond motifs is 1. The zero-order valence-corrected chi connectivity index (χ0v) is 17.1. The van der Waals surface area contributed by atoms with Gasteiger partial charge in [0, 0.05) is 65.6 Å². The quantitative estimate of drug-likeness (QED) is 0.757. The van der Waals surface area contributed by atoms with Gasteiger partial charge >= 0.3 is 0 Å². The van der Waals surface area contributed by atoms with Crippen LogP contribution in [-0.4, -0.2) is 51.3 Å². The molecule has 0 N–H and O–H groups in total. The summed E-state index contributed by atoms with van der Waals surface area (Å²) in [5, 5.41) is 0. The van der Waals surface area contributed by atoms with Gasteiger partial charge in [-0.05, 0) is 13.8 Å². The lowest BCUT2D eigenvalue weighted by Gasteiger charge is -2.29. The van der Waals surface area contributed by atoms with Crippen LogP contribution in [0, 0.1) is 6.92 Å². The van der Waals surface area contributed by atoms with E-state index in [1.54, 1.807) is 0 Å². The van der Waals surface area contributed by atoms with Crippen molar-refractivity contribution < 1.29 is 9.47 Å². The zero-order valence-electron chi connectivity index (χ0n) is 15.4. The molecule has 3 nitrogen and oxygen atoms in total. The summed E-state index contributed by atoms with van der Waals surface area (Å²) in [4.78, 5) is 4.96. The summed E-state index contributed by atoms with van der Waals surface area (Å²) >= 11 is 0. The lowest BCUT2D eigenvalue weighted by Crippen LogP contribution is -2.25. The van der Waals surface area contributed by atoms with Crippen LogP contribution in [0.25, 0.3) is 0 Å². The first-order valence-electron chi connectivity index (χ1n) is 7.87. The molecule has 0 saturated heterocycles. The molecule has 1 atom stereocenters. The lowest BCUT2D eigenvalue weighted by atomic mass is 10.1. The average Bonchev–Trinajstić information content (AvgIpc) is 2.31. The predicted octanol–water partition coefficient (Wildman–Crippen LogP) is 4.46. The van der Waals surface area contributed by atoms with E-state index in [4.69, 9.17) is 14.5 Å². The van der Waals surface area contributed by atoms with E-state index in [-0.39, 0.29) is 6.29 Å². The first-order valence-corrected chi connectivity index (χ1v) is 14.5. The van der Waals surface area contributed by atoms with Gasteiger partial charge in [0.1, 0.15) is 11.9 Å². The molecule has 124 valence electrons. The van der Waals surface area contributed by atoms with Crippen molar-refractivity contribution in [2.45, 2.75) is 39.1 Å². The van der Waals surface area contributed by atoms with Gasteiger partial charge < -0.3 is 9.47 Å². The number of pyridine rings is 1. The molecule has 2 rings (SSSR count). The minimum absolute atomic E-state index is 0.175. The number of rotatable bonds is 4. The van der Waals surface area contributed by atoms with E-state index in [2.05, 4.69) is 46.9 Å². The Morgan fingerprint density at radius 3 is 2.18 bits per heavy atom. The fraction of sp³-hybridized carbons (Fsp3) is 0.706. The maximum absolute atomic E-state index is 5.94. The van der Waals surface area contributed by atoms with Crippen molar-refractivity contribution >= 4 is 14.5 Å². The van der Waals surface area contributed by atoms with E-state index in [0.717, 1.165) is 23.8 Å². The Labute approximate surface area is 136 Å². The number of ether oxygens (including phenoxy) is 2. The Hall–Kier alpha value is -0.230. The van der Waals surface area contributed by atoms with Gasteiger partial charge in [0.15, 0.2) is 6.29 Å². The second-order valence-corrected chi connectivity index (χ2v) is 18.1. The third-order valence-electron chi connectivity index (χ3n) is 3.62. The predicted molar refractivity (Wildman–Crippen MR) is 101 cm³/mol. The summed E-state index contributed by atoms with van der Waals surface area (Å²) in [5.74, 6) is 0.971. The highest BCUT2D eigenvalue weighted by Crippen LogP contribution is 2.55. The Morgan fingerprint density at radius 2 is 1.64 bits per heavy atom. The van der Waals surface area contributed by atoms with Gasteiger partial charge in [-0.1, -0.05) is 0 Å². The fourth-order valence-corrected chi connectivity index (χ4v) is 5.28. The molecule has 5 heteroatoms. The normalized spacial score (nSPS) is 18.8. The molecule has 0 aromatic carbocycles. The van der Waals surface area contributed by atoms with Crippen molar-refractivity contribution in [3.63, 3.8) is 0 Å². The molecule has 0 saturated carbocycles. The van der Waals surface area contributed by atoms with Crippen LogP contribution in [0.15, 0.2) is 0 Å². The van der Waals surface area contributed by atoms with Gasteiger partial charge in [-0.3, -0.25) is 0 Å². The first kappa shape index (κ1) is 18.1. The monoisotopic (exact) mass is 343 g/mol. The van der Waals surface area contributed by atoms with Crippen LogP contribution in [0.4, 0.5) is 0 Å². The molecule has 0 aliphatic carbocycles. The van der Waals surface area contributed by atoms with Gasteiger partial charge in [0.2, 0.25) is 0 Å². The van der Waals surface area contributed by atoms with Crippen LogP contribution in [0.5, 0.6) is 5.75 Å². The van der Waals surface area contributed by atoms with Crippen molar-refractivity contribution in [3.05, 3.63) is 22.5 Å². The molecule has 22 heavy (non-hydrogen) atoms. The molecule has 1 aliphatic heterocycles. The summed E-state index contributed by atoms with van der Waals surface area (Å²) in [6.45, 7) is 19.0. The number of aryl methyl sites for hydroxylation is 1. The van der Waals surface area contributed by atoms with Crippen molar-refractivity contribution in [2.24, 2.45) is 0 Å². The molecule has 1 aromatic heterocycles. The maximum Gasteiger partial charge on any atom is 0.197 e. The first-order chi connectivity index (χ1) is 9.96. The molecule has 2 heterocycles. The standard InChI is InChI=1S/C17H31NO2P2/c1-12-17-14(9-19-13(2)20-17)15(10-21(3,4)5)16(18-12)11-22(6,7)8/h13H,9-11H2,1-8H3/q+2. The third kappa shape index (κ3) is 4.63. The van der Waals surface area contributed by atoms with Crippen molar-refractivity contribution in [3.8, 4) is 5.75 Å². The smallest absolute Gasteiger partial charge is 0.197 e. The number of aromatic nitrogens is 1. The van der Waals surface area contributed by atoms with E-state index >= 15 is 0 Å². The van der Waals surface area contributed by atoms with Gasteiger partial charge in [-0.15, -0.1) is 0 Å². The van der Waals surface area contributed by atoms with Crippen LogP contribution >= 0.6 is 14.5 Å². The van der Waals surface area contributed by atoms with E-state index in [1.165, 1.54) is 16.8 Å². The molecule has 1 unspecified atom stereocenters. The van der Waals surface area contributed by atoms with Gasteiger partial charge in [0.25, 0.3) is 0 Å². The van der Waals surface area contributed by atoms with Crippen molar-refractivity contribution in [1.82, 2.24) is 4.98 Å². The summed E-state index contributed by atoms with van der Waals surface area (Å²) in [7, 11) is -1.88. The van der Waals surface area contributed by atoms with E-state index < -0.39 is 14.5 Å². The Balaban J connectivity index is 2.56. The van der Waals surface area contributed by atoms with Crippen LogP contribution < -0.4 is 4.74 Å². The van der Waals surface area contributed by atoms with E-state index in [1.807, 2.05) is 6.92 Å². The molecule has 0 bridgehead atoms. The summed E-state index contributed by atoms with van der Waals surface area (Å²) in [6, 6.07) is 0. The van der Waals surface area contributed by atoms with Gasteiger partial charge in [-0.2, -0.15) is 0 Å². The second-order valence-electron chi connectivity index (χ2n) is 8.32. The van der Waals surface area contributed by atoms with E-state index in [9.17, 15) is 0 Å². The molecule has 1 aromatic rings. The average molecular weight is 343 g/mol. The Kier molecular flexibility index (Phi) is 5.22. The van der Waals surface area contributed by atoms with Crippen molar-refractivity contribution in [1.29, 1.82) is 0 Å². The highest BCUT2D eigenvalue weighted by atomic mass is 31.2. The summed E-state index contributed by atoms with van der Waals surface area (Å²) in [6.07, 6.45) is 2.05. The molecule has 0 radical (unpaired) electrons. The zero-order chi connectivity index (χ0) is 16.7. The highest BCUT2D eigenvalue weighted by molar-refractivity contribution is 7.73. The third-order valence-corrected chi connectivity index (χ3v) is 6.13. The lowest BCUT2D eigenvalue weighted by molar-refractivity contribution is -0.0954. The minimum Gasteiger partial charge on any atom is -0.463 e. The van der Waals surface area contributed by atoms with Crippen LogP contribution in [0.3, 0.4) is 0 Å². The molecule has 1 aliphatic rings. The molecule has 0 fully saturated rings. The maximum atomic E-state index is 5.94. The highest BCUT2D eigenvalue weighted by Gasteiger charge is 2.32. The van der Waals surface area contributed by atoms with Crippen LogP contribution in [-0.2, 0) is 23.7 Å². The van der Waals surface area contributed by atoms with Crippen LogP contribution in [0.2, 0.25) is 0 Å². The number of hydrogen-bond acceptors (Lipinski definition) is 3. The molecular formula is C17H31NO2P2+2. The largest absolute Gasteiger partial charge is 0.463 e. The number of hydrogen-bond donors (Lipinski definition) is 0. The van der Waals surface area contributed by atoms with Crippen LogP contribution in [0.1, 0.15) is 29.4 Å². The summed E-state index contributed by atoms with van der Waals surface area (Å²) in [5.41, 5.74) is 4.96. The number of nitrogens with zero attached hydrogens (tertiary/aromatic N) is 1. The van der Waals surface area contributed by atoms with Gasteiger partial charge in [-0.25, -0.2) is 4.98 Å². The SMILES string of the molecule is Cc1nc(C[P+](C)(C)C)c(C[P+](C)(C)C)c2c1OC(C)OC2. The Bertz CT molecular complexity index is 559. The van der Waals surface area contributed by atoms with E-state index in [0.29, 0.717) is 6.61 Å². The minimum atomic E-state index is -0.946.